The van der Waals surface area contributed by atoms with Gasteiger partial charge in [-0.05, 0) is 46.6 Å². The lowest BCUT2D eigenvalue weighted by atomic mass is 10.0. The van der Waals surface area contributed by atoms with Gasteiger partial charge in [0.2, 0.25) is 5.88 Å². The van der Waals surface area contributed by atoms with Crippen LogP contribution in [0.25, 0.3) is 20.9 Å². The third-order valence-electron chi connectivity index (χ3n) is 5.39. The summed E-state index contributed by atoms with van der Waals surface area (Å²) in [4.78, 5) is 22.0. The molecule has 2 atom stereocenters. The van der Waals surface area contributed by atoms with Crippen LogP contribution in [0.5, 0.6) is 11.6 Å². The number of aromatic nitrogens is 4. The number of para-hydroxylation sites is 1. The second-order valence-corrected chi connectivity index (χ2v) is 10.0. The summed E-state index contributed by atoms with van der Waals surface area (Å²) >= 11 is 4.59. The Morgan fingerprint density at radius 3 is 2.75 bits per heavy atom. The van der Waals surface area contributed by atoms with Gasteiger partial charge in [0.15, 0.2) is 11.9 Å². The Labute approximate surface area is 240 Å². The van der Waals surface area contributed by atoms with E-state index in [2.05, 4.69) is 31.0 Å². The number of hydrogen-bond donors (Lipinski definition) is 0. The standard InChI is InChI=1S/C26H19BrF4N4O4S/c1-14(36)19(39-24-21-22(27)23(18-6-7-20(28)38-18)40-25(21)33-13-32-24)10-15-4-2-3-5-17(15)37-11-16-8-9-34-35(16)12-26(29,30)31/h2-9,13,19H,10-12H2,1H3/i10D,11D2. The molecule has 0 radical (unpaired) electrons. The van der Waals surface area contributed by atoms with Gasteiger partial charge >= 0.3 is 6.18 Å². The third-order valence-corrected chi connectivity index (χ3v) is 7.56. The molecule has 14 heteroatoms. The Hall–Kier alpha value is -3.78. The van der Waals surface area contributed by atoms with E-state index in [9.17, 15) is 22.4 Å². The van der Waals surface area contributed by atoms with E-state index < -0.39 is 49.3 Å². The molecule has 0 aliphatic heterocycles. The molecule has 0 aliphatic carbocycles. The van der Waals surface area contributed by atoms with Gasteiger partial charge in [0, 0.05) is 20.0 Å². The largest absolute Gasteiger partial charge is 0.487 e. The van der Waals surface area contributed by atoms with Crippen molar-refractivity contribution in [1.82, 2.24) is 19.7 Å². The molecule has 0 aliphatic rings. The van der Waals surface area contributed by atoms with Crippen LogP contribution in [-0.2, 0) is 24.3 Å². The Kier molecular flexibility index (Phi) is 6.84. The van der Waals surface area contributed by atoms with Crippen molar-refractivity contribution in [2.24, 2.45) is 0 Å². The monoisotopic (exact) mass is 641 g/mol. The first-order valence-electron chi connectivity index (χ1n) is 13.0. The van der Waals surface area contributed by atoms with E-state index in [1.54, 1.807) is 0 Å². The lowest BCUT2D eigenvalue weighted by Gasteiger charge is -2.19. The van der Waals surface area contributed by atoms with Crippen molar-refractivity contribution in [3.05, 3.63) is 76.7 Å². The molecular formula is C26H19BrF4N4O4S. The first-order valence-corrected chi connectivity index (χ1v) is 13.0. The smallest absolute Gasteiger partial charge is 0.408 e. The first kappa shape index (κ1) is 24.1. The molecule has 0 saturated carbocycles. The number of fused-ring (bicyclic) bond motifs is 1. The molecule has 0 amide bonds. The Morgan fingerprint density at radius 1 is 1.23 bits per heavy atom. The molecule has 2 unspecified atom stereocenters. The first-order chi connectivity index (χ1) is 20.2. The van der Waals surface area contributed by atoms with Crippen molar-refractivity contribution in [3.8, 4) is 22.3 Å². The highest BCUT2D eigenvalue weighted by molar-refractivity contribution is 9.10. The van der Waals surface area contributed by atoms with E-state index >= 15 is 0 Å². The molecule has 0 bridgehead atoms. The number of Topliss-reactive ketones (excluding diaryl/α,β-unsaturated/α-hetero) is 1. The molecule has 0 saturated heterocycles. The maximum Gasteiger partial charge on any atom is 0.408 e. The number of alkyl halides is 3. The minimum absolute atomic E-state index is 0.0231. The second-order valence-electron chi connectivity index (χ2n) is 8.25. The molecule has 208 valence electrons. The number of carbonyl (C=O) groups excluding carboxylic acids is 1. The predicted molar refractivity (Wildman–Crippen MR) is 141 cm³/mol. The third kappa shape index (κ3) is 6.17. The molecule has 5 aromatic rings. The summed E-state index contributed by atoms with van der Waals surface area (Å²) < 4.78 is 95.6. The number of halogens is 5. The highest BCUT2D eigenvalue weighted by atomic mass is 79.9. The summed E-state index contributed by atoms with van der Waals surface area (Å²) in [5, 5.41) is 3.90. The van der Waals surface area contributed by atoms with Gasteiger partial charge in [-0.3, -0.25) is 9.48 Å². The van der Waals surface area contributed by atoms with Crippen LogP contribution in [0.3, 0.4) is 0 Å². The van der Waals surface area contributed by atoms with Crippen molar-refractivity contribution in [1.29, 1.82) is 0 Å². The summed E-state index contributed by atoms with van der Waals surface area (Å²) in [6.07, 6.45) is -5.43. The number of furan rings is 1. The molecule has 0 fully saturated rings. The summed E-state index contributed by atoms with van der Waals surface area (Å²) in [5.74, 6) is -0.619. The topological polar surface area (TPSA) is 92.3 Å². The summed E-state index contributed by atoms with van der Waals surface area (Å²) in [5.41, 5.74) is -0.478. The zero-order chi connectivity index (χ0) is 31.1. The number of ketones is 1. The van der Waals surface area contributed by atoms with Gasteiger partial charge in [-0.2, -0.15) is 22.7 Å². The Morgan fingerprint density at radius 2 is 2.02 bits per heavy atom. The average molecular weight is 642 g/mol. The van der Waals surface area contributed by atoms with Crippen LogP contribution in [0.4, 0.5) is 17.6 Å². The number of ether oxygens (including phenoxy) is 2. The maximum absolute atomic E-state index is 13.5. The van der Waals surface area contributed by atoms with Crippen LogP contribution in [0, 0.1) is 6.01 Å². The van der Waals surface area contributed by atoms with E-state index in [1.807, 2.05) is 0 Å². The fraction of sp³-hybridized carbons (Fsp3) is 0.231. The number of benzene rings is 1. The van der Waals surface area contributed by atoms with Crippen LogP contribution in [0.2, 0.25) is 0 Å². The summed E-state index contributed by atoms with van der Waals surface area (Å²) in [7, 11) is 0. The van der Waals surface area contributed by atoms with Crippen LogP contribution < -0.4 is 9.47 Å². The number of nitrogens with zero attached hydrogens (tertiary/aromatic N) is 4. The highest BCUT2D eigenvalue weighted by Crippen LogP contribution is 2.45. The maximum atomic E-state index is 13.5. The van der Waals surface area contributed by atoms with Gasteiger partial charge in [-0.25, -0.2) is 9.97 Å². The quantitative estimate of drug-likeness (QED) is 0.155. The zero-order valence-electron chi connectivity index (χ0n) is 23.3. The minimum Gasteiger partial charge on any atom is -0.487 e. The molecule has 0 N–H and O–H groups in total. The summed E-state index contributed by atoms with van der Waals surface area (Å²) in [6.45, 7) is -3.14. The van der Waals surface area contributed by atoms with Crippen molar-refractivity contribution < 1.29 is 40.4 Å². The predicted octanol–water partition coefficient (Wildman–Crippen LogP) is 6.77. The molecule has 8 nitrogen and oxygen atoms in total. The molecule has 4 aromatic heterocycles. The van der Waals surface area contributed by atoms with Crippen LogP contribution >= 0.6 is 27.3 Å². The molecule has 1 aromatic carbocycles. The molecule has 0 spiro atoms. The van der Waals surface area contributed by atoms with Gasteiger partial charge in [0.25, 0.3) is 6.01 Å². The van der Waals surface area contributed by atoms with Crippen LogP contribution in [0.15, 0.2) is 63.9 Å². The Bertz CT molecular complexity index is 1800. The van der Waals surface area contributed by atoms with Crippen molar-refractivity contribution in [2.75, 3.05) is 0 Å². The second kappa shape index (κ2) is 11.4. The van der Waals surface area contributed by atoms with Crippen molar-refractivity contribution in [2.45, 2.75) is 38.7 Å². The van der Waals surface area contributed by atoms with E-state index in [4.69, 9.17) is 18.0 Å². The van der Waals surface area contributed by atoms with Crippen molar-refractivity contribution >= 4 is 43.3 Å². The van der Waals surface area contributed by atoms with Gasteiger partial charge < -0.3 is 13.9 Å². The van der Waals surface area contributed by atoms with Gasteiger partial charge in [-0.1, -0.05) is 18.2 Å². The number of carbonyl (C=O) groups is 1. The van der Waals surface area contributed by atoms with E-state index in [-0.39, 0.29) is 23.0 Å². The average Bonchev–Trinajstić information content (AvgIpc) is 3.65. The Balaban J connectivity index is 1.46. The minimum atomic E-state index is -4.66. The van der Waals surface area contributed by atoms with Crippen molar-refractivity contribution in [3.63, 3.8) is 0 Å². The number of hydrogen-bond acceptors (Lipinski definition) is 8. The number of rotatable bonds is 10. The SMILES string of the molecule is [2H]C(c1ccccc1OC([2H])([2H])c1ccnn1CC(F)(F)F)C(Oc1ncnc2sc(-c3ccc(F)o3)c(Br)c12)C(C)=O. The fourth-order valence-corrected chi connectivity index (χ4v) is 5.52. The normalized spacial score (nSPS) is 14.8. The zero-order valence-corrected chi connectivity index (χ0v) is 22.7. The lowest BCUT2D eigenvalue weighted by Crippen LogP contribution is -2.28. The fourth-order valence-electron chi connectivity index (χ4n) is 3.61. The summed E-state index contributed by atoms with van der Waals surface area (Å²) in [6, 6.07) is 8.59. The highest BCUT2D eigenvalue weighted by Gasteiger charge is 2.29. The van der Waals surface area contributed by atoms with E-state index in [0.29, 0.717) is 24.2 Å². The van der Waals surface area contributed by atoms with Crippen LogP contribution in [-0.4, -0.2) is 37.8 Å². The molecule has 40 heavy (non-hydrogen) atoms. The molecule has 4 heterocycles. The van der Waals surface area contributed by atoms with Crippen LogP contribution in [0.1, 0.15) is 22.3 Å². The van der Waals surface area contributed by atoms with Gasteiger partial charge in [0.05, 0.1) is 23.2 Å². The lowest BCUT2D eigenvalue weighted by molar-refractivity contribution is -0.143. The van der Waals surface area contributed by atoms with E-state index in [1.165, 1.54) is 43.6 Å². The number of thiophene rings is 1. The van der Waals surface area contributed by atoms with Gasteiger partial charge in [-0.15, -0.1) is 11.3 Å². The van der Waals surface area contributed by atoms with Gasteiger partial charge in [0.1, 0.15) is 35.8 Å². The molecule has 5 rings (SSSR count). The molecular weight excluding hydrogens is 620 g/mol. The van der Waals surface area contributed by atoms with E-state index in [0.717, 1.165) is 29.7 Å².